The molecule has 0 unspecified atom stereocenters. The average Bonchev–Trinajstić information content (AvgIpc) is 2.19. The second-order valence-electron chi connectivity index (χ2n) is 2.37. The smallest absolute Gasteiger partial charge is 0.247 e. The zero-order valence-corrected chi connectivity index (χ0v) is 10.3. The largest absolute Gasteiger partial charge is 0.376 e. The van der Waals surface area contributed by atoms with E-state index in [9.17, 15) is 9.59 Å². The van der Waals surface area contributed by atoms with E-state index in [0.29, 0.717) is 11.3 Å². The summed E-state index contributed by atoms with van der Waals surface area (Å²) in [6.07, 6.45) is 2.92. The third-order valence-corrected chi connectivity index (χ3v) is 1.46. The van der Waals surface area contributed by atoms with Gasteiger partial charge in [-0.1, -0.05) is 18.7 Å². The minimum absolute atomic E-state index is 0. The van der Waals surface area contributed by atoms with E-state index in [2.05, 4.69) is 11.9 Å². The molecule has 0 heterocycles. The van der Waals surface area contributed by atoms with Gasteiger partial charge in [0.15, 0.2) is 0 Å². The molecule has 0 aliphatic carbocycles. The van der Waals surface area contributed by atoms with Gasteiger partial charge in [0.05, 0.1) is 6.29 Å². The molecule has 0 aliphatic rings. The fourth-order valence-corrected chi connectivity index (χ4v) is 0.815. The van der Waals surface area contributed by atoms with Crippen LogP contribution < -0.4 is 5.32 Å². The van der Waals surface area contributed by atoms with Gasteiger partial charge in [-0.2, -0.15) is 17.7 Å². The van der Waals surface area contributed by atoms with Gasteiger partial charge in [-0.3, -0.25) is 4.79 Å². The topological polar surface area (TPSA) is 46.2 Å². The fourth-order valence-electron chi connectivity index (χ4n) is 0.815. The minimum atomic E-state index is -0.275. The van der Waals surface area contributed by atoms with E-state index >= 15 is 0 Å². The van der Waals surface area contributed by atoms with Crippen molar-refractivity contribution < 1.29 is 30.7 Å². The molecule has 0 spiro atoms. The third-order valence-electron chi connectivity index (χ3n) is 1.46. The molecule has 14 heavy (non-hydrogen) atoms. The molecule has 0 aliphatic heterocycles. The van der Waals surface area contributed by atoms with Gasteiger partial charge in [0.25, 0.3) is 0 Å². The number of amides is 1. The summed E-state index contributed by atoms with van der Waals surface area (Å²) in [5.74, 6) is -0.275. The summed E-state index contributed by atoms with van der Waals surface area (Å²) in [6.45, 7) is 3.32. The molecule has 0 aromatic heterocycles. The van der Waals surface area contributed by atoms with Crippen molar-refractivity contribution in [3.05, 3.63) is 42.5 Å². The second-order valence-corrected chi connectivity index (χ2v) is 2.37. The van der Waals surface area contributed by atoms with E-state index in [-0.39, 0.29) is 27.0 Å². The Hall–Kier alpha value is -1.21. The van der Waals surface area contributed by atoms with Crippen LogP contribution >= 0.6 is 0 Å². The number of hydrogen-bond donors (Lipinski definition) is 1. The van der Waals surface area contributed by atoms with Gasteiger partial charge in [0.1, 0.15) is 0 Å². The van der Waals surface area contributed by atoms with Crippen molar-refractivity contribution in [2.45, 2.75) is 0 Å². The summed E-state index contributed by atoms with van der Waals surface area (Å²) in [6, 6.07) is 6.40. The van der Waals surface area contributed by atoms with Crippen molar-refractivity contribution in [1.29, 1.82) is 0 Å². The van der Waals surface area contributed by atoms with Crippen molar-refractivity contribution in [2.24, 2.45) is 0 Å². The molecule has 1 rings (SSSR count). The predicted molar refractivity (Wildman–Crippen MR) is 50.1 cm³/mol. The number of carbonyl (C=O) groups is 1. The Kier molecular flexibility index (Phi) is 5.73. The van der Waals surface area contributed by atoms with Gasteiger partial charge in [0.2, 0.25) is 5.91 Å². The van der Waals surface area contributed by atoms with Crippen LogP contribution in [-0.2, 0) is 30.7 Å². The Bertz CT molecular complexity index is 332. The van der Waals surface area contributed by atoms with E-state index in [1.54, 1.807) is 30.6 Å². The molecule has 0 fully saturated rings. The standard InChI is InChI=1S/C10H8NO2.W/c1-2-10(13)11-9-5-3-8(7-12)4-6-9;/h2-6H,1H2,(H,11,13);/q-1;. The van der Waals surface area contributed by atoms with Crippen LogP contribution in [0.1, 0.15) is 5.56 Å². The van der Waals surface area contributed by atoms with Crippen LogP contribution in [0.4, 0.5) is 5.69 Å². The van der Waals surface area contributed by atoms with E-state index in [1.165, 1.54) is 6.08 Å². The number of anilines is 1. The average molecular weight is 358 g/mol. The fraction of sp³-hybridized carbons (Fsp3) is 0. The molecule has 0 saturated heterocycles. The maximum Gasteiger partial charge on any atom is 0.247 e. The van der Waals surface area contributed by atoms with Crippen molar-refractivity contribution in [3.63, 3.8) is 0 Å². The zero-order chi connectivity index (χ0) is 9.68. The summed E-state index contributed by atoms with van der Waals surface area (Å²) in [5.41, 5.74) is 1.08. The molecular weight excluding hydrogens is 350 g/mol. The van der Waals surface area contributed by atoms with Gasteiger partial charge < -0.3 is 10.1 Å². The van der Waals surface area contributed by atoms with Crippen molar-refractivity contribution in [1.82, 2.24) is 0 Å². The maximum atomic E-state index is 10.8. The van der Waals surface area contributed by atoms with Crippen molar-refractivity contribution >= 4 is 17.9 Å². The van der Waals surface area contributed by atoms with Gasteiger partial charge in [-0.25, -0.2) is 0 Å². The molecule has 1 aromatic rings. The molecule has 3 nitrogen and oxygen atoms in total. The first-order valence-corrected chi connectivity index (χ1v) is 3.68. The SMILES string of the molecule is C=CC(=O)Nc1ccc([C-]=O)cc1.[W]. The van der Waals surface area contributed by atoms with Gasteiger partial charge >= 0.3 is 0 Å². The van der Waals surface area contributed by atoms with E-state index in [1.807, 2.05) is 0 Å². The van der Waals surface area contributed by atoms with Crippen LogP contribution in [0, 0.1) is 0 Å². The molecule has 0 radical (unpaired) electrons. The zero-order valence-electron chi connectivity index (χ0n) is 7.32. The Labute approximate surface area is 96.5 Å². The molecule has 0 atom stereocenters. The number of rotatable bonds is 3. The van der Waals surface area contributed by atoms with Crippen LogP contribution in [0.3, 0.4) is 0 Å². The first kappa shape index (κ1) is 12.8. The summed E-state index contributed by atoms with van der Waals surface area (Å²) < 4.78 is 0. The molecule has 72 valence electrons. The number of hydrogen-bond acceptors (Lipinski definition) is 2. The molecule has 0 saturated carbocycles. The van der Waals surface area contributed by atoms with E-state index in [4.69, 9.17) is 0 Å². The minimum Gasteiger partial charge on any atom is -0.376 e. The van der Waals surface area contributed by atoms with Crippen molar-refractivity contribution in [3.8, 4) is 0 Å². The molecule has 1 amide bonds. The molecule has 1 N–H and O–H groups in total. The van der Waals surface area contributed by atoms with E-state index < -0.39 is 0 Å². The Balaban J connectivity index is 0.00000169. The first-order chi connectivity index (χ1) is 6.26. The molecule has 1 aromatic carbocycles. The summed E-state index contributed by atoms with van der Waals surface area (Å²) in [7, 11) is 0. The third kappa shape index (κ3) is 3.67. The molecule has 4 heteroatoms. The second kappa shape index (κ2) is 6.27. The van der Waals surface area contributed by atoms with Gasteiger partial charge in [-0.05, 0) is 6.08 Å². The van der Waals surface area contributed by atoms with E-state index in [0.717, 1.165) is 0 Å². The van der Waals surface area contributed by atoms with Crippen LogP contribution in [-0.4, -0.2) is 12.2 Å². The van der Waals surface area contributed by atoms with Crippen LogP contribution in [0.5, 0.6) is 0 Å². The van der Waals surface area contributed by atoms with Crippen LogP contribution in [0.15, 0.2) is 36.9 Å². The van der Waals surface area contributed by atoms with Gasteiger partial charge in [-0.15, -0.1) is 0 Å². The summed E-state index contributed by atoms with van der Waals surface area (Å²) >= 11 is 0. The number of carbonyl (C=O) groups excluding carboxylic acids is 2. The van der Waals surface area contributed by atoms with Crippen molar-refractivity contribution in [2.75, 3.05) is 5.32 Å². The predicted octanol–water partition coefficient (Wildman–Crippen LogP) is 1.27. The Morgan fingerprint density at radius 3 is 2.36 bits per heavy atom. The Morgan fingerprint density at radius 1 is 1.36 bits per heavy atom. The Morgan fingerprint density at radius 2 is 1.93 bits per heavy atom. The summed E-state index contributed by atoms with van der Waals surface area (Å²) in [4.78, 5) is 21.0. The normalized spacial score (nSPS) is 8.29. The summed E-state index contributed by atoms with van der Waals surface area (Å²) in [5, 5.41) is 2.56. The van der Waals surface area contributed by atoms with Crippen LogP contribution in [0.2, 0.25) is 0 Å². The molecular formula is C10H8NO2W-. The maximum absolute atomic E-state index is 10.8. The number of benzene rings is 1. The molecule has 0 bridgehead atoms. The quantitative estimate of drug-likeness (QED) is 0.654. The number of nitrogens with one attached hydrogen (secondary N) is 1. The monoisotopic (exact) mass is 358 g/mol. The first-order valence-electron chi connectivity index (χ1n) is 3.68. The van der Waals surface area contributed by atoms with Gasteiger partial charge in [0, 0.05) is 26.8 Å². The van der Waals surface area contributed by atoms with Crippen LogP contribution in [0.25, 0.3) is 0 Å².